The van der Waals surface area contributed by atoms with Crippen LogP contribution in [0.5, 0.6) is 0 Å². The monoisotopic (exact) mass is 394 g/mol. The molecule has 0 bridgehead atoms. The van der Waals surface area contributed by atoms with Gasteiger partial charge >= 0.3 is 5.97 Å². The molecule has 1 aliphatic heterocycles. The standard InChI is InChI=1S/C16H19N5O5S/c1-20(24)11-5-6-13(12(10-11)15(22)23)27-16-17-18-19-21(16)7-9-26-14-4-2-3-8-25-14/h5-6,10,14H,2-4,7-9H2,1H3/p+1. The van der Waals surface area contributed by atoms with Crippen molar-refractivity contribution in [3.63, 3.8) is 0 Å². The lowest BCUT2D eigenvalue weighted by atomic mass is 10.2. The zero-order valence-electron chi connectivity index (χ0n) is 14.8. The van der Waals surface area contributed by atoms with Crippen LogP contribution >= 0.6 is 11.8 Å². The van der Waals surface area contributed by atoms with Gasteiger partial charge in [-0.25, -0.2) is 9.48 Å². The minimum atomic E-state index is -1.13. The predicted molar refractivity (Wildman–Crippen MR) is 94.1 cm³/mol. The average Bonchev–Trinajstić information content (AvgIpc) is 3.09. The number of tetrazole rings is 1. The lowest BCUT2D eigenvalue weighted by Crippen LogP contribution is -2.24. The van der Waals surface area contributed by atoms with Gasteiger partial charge in [0.05, 0.1) is 18.7 Å². The number of carboxylic acid groups (broad SMARTS) is 1. The minimum Gasteiger partial charge on any atom is -0.478 e. The van der Waals surface area contributed by atoms with Crippen LogP contribution < -0.4 is 0 Å². The maximum Gasteiger partial charge on any atom is 0.337 e. The van der Waals surface area contributed by atoms with E-state index in [1.54, 1.807) is 16.8 Å². The number of benzene rings is 1. The summed E-state index contributed by atoms with van der Waals surface area (Å²) in [6, 6.07) is 4.46. The second kappa shape index (κ2) is 9.02. The van der Waals surface area contributed by atoms with Crippen LogP contribution in [0.1, 0.15) is 29.6 Å². The third-order valence-corrected chi connectivity index (χ3v) is 5.05. The van der Waals surface area contributed by atoms with Gasteiger partial charge in [-0.05, 0) is 47.5 Å². The quantitative estimate of drug-likeness (QED) is 0.671. The molecule has 27 heavy (non-hydrogen) atoms. The molecule has 1 unspecified atom stereocenters. The Bertz CT molecular complexity index is 821. The molecule has 0 saturated carbocycles. The number of hydrogen-bond acceptors (Lipinski definition) is 8. The SMILES string of the molecule is C[N+](=O)c1ccc(Sc2nnnn2CCOC2CCCCO2)c(C(=O)O)c1. The Hall–Kier alpha value is -2.37. The summed E-state index contributed by atoms with van der Waals surface area (Å²) in [4.78, 5) is 23.4. The van der Waals surface area contributed by atoms with Gasteiger partial charge in [0, 0.05) is 33.3 Å². The Morgan fingerprint density at radius 1 is 1.48 bits per heavy atom. The second-order valence-electron chi connectivity index (χ2n) is 5.94. The first-order valence-electron chi connectivity index (χ1n) is 8.50. The molecule has 1 N–H and O–H groups in total. The van der Waals surface area contributed by atoms with E-state index in [9.17, 15) is 14.8 Å². The topological polar surface area (TPSA) is 119 Å². The number of carbonyl (C=O) groups is 1. The molecule has 0 radical (unpaired) electrons. The number of rotatable bonds is 8. The van der Waals surface area contributed by atoms with Crippen LogP contribution in [0.4, 0.5) is 5.69 Å². The first-order chi connectivity index (χ1) is 13.0. The van der Waals surface area contributed by atoms with E-state index >= 15 is 0 Å². The van der Waals surface area contributed by atoms with Gasteiger partial charge in [0.1, 0.15) is 0 Å². The third-order valence-electron chi connectivity index (χ3n) is 4.00. The Balaban J connectivity index is 1.67. The molecule has 0 aliphatic carbocycles. The summed E-state index contributed by atoms with van der Waals surface area (Å²) in [6.07, 6.45) is 2.82. The van der Waals surface area contributed by atoms with E-state index in [-0.39, 0.29) is 17.5 Å². The Morgan fingerprint density at radius 3 is 3.04 bits per heavy atom. The summed E-state index contributed by atoms with van der Waals surface area (Å²) in [7, 11) is 1.31. The lowest BCUT2D eigenvalue weighted by Gasteiger charge is -2.22. The fraction of sp³-hybridized carbons (Fsp3) is 0.500. The molecule has 0 amide bonds. The maximum atomic E-state index is 11.5. The smallest absolute Gasteiger partial charge is 0.337 e. The summed E-state index contributed by atoms with van der Waals surface area (Å²) < 4.78 is 13.4. The van der Waals surface area contributed by atoms with Crippen LogP contribution in [-0.2, 0) is 16.0 Å². The molecule has 11 heteroatoms. The van der Waals surface area contributed by atoms with E-state index in [0.717, 1.165) is 31.0 Å². The Labute approximate surface area is 159 Å². The molecular weight excluding hydrogens is 374 g/mol. The fourth-order valence-corrected chi connectivity index (χ4v) is 3.49. The van der Waals surface area contributed by atoms with Crippen molar-refractivity contribution >= 4 is 23.4 Å². The number of hydrogen-bond donors (Lipinski definition) is 1. The maximum absolute atomic E-state index is 11.5. The van der Waals surface area contributed by atoms with Crippen molar-refractivity contribution in [2.24, 2.45) is 0 Å². The van der Waals surface area contributed by atoms with Gasteiger partial charge in [-0.2, -0.15) is 0 Å². The van der Waals surface area contributed by atoms with Crippen molar-refractivity contribution in [1.82, 2.24) is 20.2 Å². The predicted octanol–water partition coefficient (Wildman–Crippen LogP) is 2.11. The van der Waals surface area contributed by atoms with E-state index in [1.165, 1.54) is 13.1 Å². The molecule has 1 atom stereocenters. The fourth-order valence-electron chi connectivity index (χ4n) is 2.59. The van der Waals surface area contributed by atoms with Gasteiger partial charge in [-0.1, -0.05) is 0 Å². The normalized spacial score (nSPS) is 17.0. The van der Waals surface area contributed by atoms with Crippen molar-refractivity contribution in [1.29, 1.82) is 0 Å². The third kappa shape index (κ3) is 5.08. The largest absolute Gasteiger partial charge is 0.478 e. The van der Waals surface area contributed by atoms with E-state index in [0.29, 0.717) is 34.6 Å². The lowest BCUT2D eigenvalue weighted by molar-refractivity contribution is -0.428. The zero-order valence-corrected chi connectivity index (χ0v) is 15.6. The van der Waals surface area contributed by atoms with E-state index in [1.807, 2.05) is 0 Å². The van der Waals surface area contributed by atoms with Crippen molar-refractivity contribution < 1.29 is 24.1 Å². The Morgan fingerprint density at radius 2 is 2.33 bits per heavy atom. The van der Waals surface area contributed by atoms with Crippen LogP contribution in [0.25, 0.3) is 0 Å². The molecule has 1 aromatic carbocycles. The molecular formula is C16H20N5O5S+. The summed E-state index contributed by atoms with van der Waals surface area (Å²) in [6.45, 7) is 1.51. The molecule has 1 fully saturated rings. The molecule has 10 nitrogen and oxygen atoms in total. The summed E-state index contributed by atoms with van der Waals surface area (Å²) >= 11 is 1.12. The number of aromatic carboxylic acids is 1. The van der Waals surface area contributed by atoms with Gasteiger partial charge in [0.25, 0.3) is 5.69 Å². The van der Waals surface area contributed by atoms with Gasteiger partial charge in [0.15, 0.2) is 13.3 Å². The van der Waals surface area contributed by atoms with Gasteiger partial charge in [0.2, 0.25) is 5.16 Å². The number of ether oxygens (including phenoxy) is 2. The van der Waals surface area contributed by atoms with Crippen LogP contribution in [0.2, 0.25) is 0 Å². The number of aromatic nitrogens is 4. The number of nitrogens with zero attached hydrogens (tertiary/aromatic N) is 5. The molecule has 1 aromatic heterocycles. The van der Waals surface area contributed by atoms with Crippen LogP contribution in [0.3, 0.4) is 0 Å². The molecule has 1 aliphatic rings. The van der Waals surface area contributed by atoms with Gasteiger partial charge in [-0.3, -0.25) is 0 Å². The number of carboxylic acids is 1. The highest BCUT2D eigenvalue weighted by Gasteiger charge is 2.20. The molecule has 144 valence electrons. The van der Waals surface area contributed by atoms with Crippen molar-refractivity contribution in [2.75, 3.05) is 20.3 Å². The van der Waals surface area contributed by atoms with Crippen LogP contribution in [-0.4, -0.2) is 62.6 Å². The van der Waals surface area contributed by atoms with Crippen LogP contribution in [0, 0.1) is 4.91 Å². The highest BCUT2D eigenvalue weighted by atomic mass is 32.2. The van der Waals surface area contributed by atoms with Crippen molar-refractivity contribution in [3.8, 4) is 0 Å². The van der Waals surface area contributed by atoms with Gasteiger partial charge < -0.3 is 14.6 Å². The Kier molecular flexibility index (Phi) is 6.48. The first kappa shape index (κ1) is 19.4. The molecule has 2 heterocycles. The first-order valence-corrected chi connectivity index (χ1v) is 9.31. The van der Waals surface area contributed by atoms with E-state index in [2.05, 4.69) is 15.5 Å². The molecule has 0 spiro atoms. The summed E-state index contributed by atoms with van der Waals surface area (Å²) in [5.41, 5.74) is 0.277. The minimum absolute atomic E-state index is 0.0154. The zero-order chi connectivity index (χ0) is 19.2. The van der Waals surface area contributed by atoms with Crippen molar-refractivity contribution in [3.05, 3.63) is 28.7 Å². The summed E-state index contributed by atoms with van der Waals surface area (Å²) in [5, 5.41) is 21.4. The highest BCUT2D eigenvalue weighted by Crippen LogP contribution is 2.31. The van der Waals surface area contributed by atoms with E-state index in [4.69, 9.17) is 9.47 Å². The molecule has 3 rings (SSSR count). The average molecular weight is 394 g/mol. The highest BCUT2D eigenvalue weighted by molar-refractivity contribution is 7.99. The number of nitroso groups, excluding NO2 is 1. The second-order valence-corrected chi connectivity index (χ2v) is 6.95. The van der Waals surface area contributed by atoms with E-state index < -0.39 is 5.97 Å². The van der Waals surface area contributed by atoms with Gasteiger partial charge in [-0.15, -0.1) is 5.10 Å². The van der Waals surface area contributed by atoms with Crippen molar-refractivity contribution in [2.45, 2.75) is 42.1 Å². The molecule has 2 aromatic rings. The summed E-state index contributed by atoms with van der Waals surface area (Å²) in [5.74, 6) is -1.13. The van der Waals surface area contributed by atoms with Crippen LogP contribution in [0.15, 0.2) is 28.3 Å². The molecule has 1 saturated heterocycles.